The summed E-state index contributed by atoms with van der Waals surface area (Å²) in [6.45, 7) is 3.98. The van der Waals surface area contributed by atoms with Crippen molar-refractivity contribution in [2.75, 3.05) is 11.6 Å². The van der Waals surface area contributed by atoms with Crippen LogP contribution in [-0.2, 0) is 6.42 Å². The maximum absolute atomic E-state index is 12.5. The molecule has 0 atom stereocenters. The van der Waals surface area contributed by atoms with E-state index in [1.807, 2.05) is 25.3 Å². The summed E-state index contributed by atoms with van der Waals surface area (Å²) in [4.78, 5) is 21.1. The number of nitrogens with one attached hydrogen (secondary N) is 1. The van der Waals surface area contributed by atoms with Crippen LogP contribution in [0.3, 0.4) is 0 Å². The molecule has 4 nitrogen and oxygen atoms in total. The van der Waals surface area contributed by atoms with Crippen molar-refractivity contribution in [2.24, 2.45) is 0 Å². The second-order valence-electron chi connectivity index (χ2n) is 4.89. The number of hydrogen-bond acceptors (Lipinski definition) is 4. The van der Waals surface area contributed by atoms with Gasteiger partial charge in [0.15, 0.2) is 5.16 Å². The van der Waals surface area contributed by atoms with Crippen LogP contribution >= 0.6 is 23.4 Å². The Hall–Kier alpha value is -1.59. The van der Waals surface area contributed by atoms with Gasteiger partial charge in [0.1, 0.15) is 0 Å². The van der Waals surface area contributed by atoms with Gasteiger partial charge in [-0.3, -0.25) is 4.79 Å². The Morgan fingerprint density at radius 3 is 2.82 bits per heavy atom. The Morgan fingerprint density at radius 2 is 2.18 bits per heavy atom. The Balaban J connectivity index is 2.26. The van der Waals surface area contributed by atoms with Crippen molar-refractivity contribution < 1.29 is 4.79 Å². The van der Waals surface area contributed by atoms with Crippen molar-refractivity contribution in [1.29, 1.82) is 0 Å². The van der Waals surface area contributed by atoms with Crippen LogP contribution in [0.2, 0.25) is 5.02 Å². The number of hydrogen-bond donors (Lipinski definition) is 1. The SMILES string of the molecule is CCCc1nc(SC)ncc1C(=O)Nc1ccc(C)c(Cl)c1. The van der Waals surface area contributed by atoms with Gasteiger partial charge in [-0.1, -0.05) is 42.8 Å². The molecule has 1 amide bonds. The zero-order valence-corrected chi connectivity index (χ0v) is 14.4. The summed E-state index contributed by atoms with van der Waals surface area (Å²) in [7, 11) is 0. The summed E-state index contributed by atoms with van der Waals surface area (Å²) >= 11 is 7.55. The molecule has 0 aliphatic rings. The molecular weight excluding hydrogens is 318 g/mol. The standard InChI is InChI=1S/C16H18ClN3OS/c1-4-5-14-12(9-18-16(20-14)22-3)15(21)19-11-7-6-10(2)13(17)8-11/h6-9H,4-5H2,1-3H3,(H,19,21). The van der Waals surface area contributed by atoms with E-state index in [2.05, 4.69) is 22.2 Å². The third kappa shape index (κ3) is 3.99. The number of carbonyl (C=O) groups excluding carboxylic acids is 1. The average Bonchev–Trinajstić information content (AvgIpc) is 2.51. The number of amides is 1. The second-order valence-corrected chi connectivity index (χ2v) is 6.07. The van der Waals surface area contributed by atoms with Crippen LogP contribution in [-0.4, -0.2) is 22.1 Å². The molecule has 1 aromatic heterocycles. The molecule has 116 valence electrons. The summed E-state index contributed by atoms with van der Waals surface area (Å²) in [5.74, 6) is -0.212. The smallest absolute Gasteiger partial charge is 0.259 e. The third-order valence-electron chi connectivity index (χ3n) is 3.19. The molecule has 6 heteroatoms. The molecule has 0 fully saturated rings. The zero-order chi connectivity index (χ0) is 16.1. The van der Waals surface area contributed by atoms with Crippen LogP contribution in [0.15, 0.2) is 29.6 Å². The highest BCUT2D eigenvalue weighted by molar-refractivity contribution is 7.98. The topological polar surface area (TPSA) is 54.9 Å². The van der Waals surface area contributed by atoms with E-state index in [1.165, 1.54) is 11.8 Å². The molecule has 0 radical (unpaired) electrons. The van der Waals surface area contributed by atoms with Crippen LogP contribution in [0.25, 0.3) is 0 Å². The molecule has 0 saturated heterocycles. The number of aromatic nitrogens is 2. The van der Waals surface area contributed by atoms with Gasteiger partial charge in [-0.15, -0.1) is 0 Å². The number of carbonyl (C=O) groups is 1. The van der Waals surface area contributed by atoms with E-state index in [0.717, 1.165) is 24.1 Å². The number of nitrogens with zero attached hydrogens (tertiary/aromatic N) is 2. The molecule has 2 aromatic rings. The quantitative estimate of drug-likeness (QED) is 0.651. The van der Waals surface area contributed by atoms with Gasteiger partial charge >= 0.3 is 0 Å². The molecule has 1 aromatic carbocycles. The Labute approximate surface area is 139 Å². The van der Waals surface area contributed by atoms with Crippen molar-refractivity contribution in [3.63, 3.8) is 0 Å². The third-order valence-corrected chi connectivity index (χ3v) is 4.16. The highest BCUT2D eigenvalue weighted by atomic mass is 35.5. The fraction of sp³-hybridized carbons (Fsp3) is 0.312. The summed E-state index contributed by atoms with van der Waals surface area (Å²) in [6, 6.07) is 5.44. The highest BCUT2D eigenvalue weighted by Crippen LogP contribution is 2.21. The normalized spacial score (nSPS) is 10.5. The lowest BCUT2D eigenvalue weighted by Crippen LogP contribution is -2.16. The monoisotopic (exact) mass is 335 g/mol. The molecule has 1 N–H and O–H groups in total. The molecular formula is C16H18ClN3OS. The average molecular weight is 336 g/mol. The first-order chi connectivity index (χ1) is 10.5. The minimum atomic E-state index is -0.212. The minimum Gasteiger partial charge on any atom is -0.322 e. The van der Waals surface area contributed by atoms with E-state index in [0.29, 0.717) is 21.4 Å². The lowest BCUT2D eigenvalue weighted by molar-refractivity contribution is 0.102. The number of aryl methyl sites for hydroxylation is 2. The van der Waals surface area contributed by atoms with E-state index >= 15 is 0 Å². The Kier molecular flexibility index (Phi) is 5.80. The van der Waals surface area contributed by atoms with Gasteiger partial charge in [-0.05, 0) is 37.3 Å². The van der Waals surface area contributed by atoms with E-state index in [4.69, 9.17) is 11.6 Å². The van der Waals surface area contributed by atoms with Gasteiger partial charge in [-0.2, -0.15) is 0 Å². The van der Waals surface area contributed by atoms with E-state index in [-0.39, 0.29) is 5.91 Å². The molecule has 0 bridgehead atoms. The maximum Gasteiger partial charge on any atom is 0.259 e. The van der Waals surface area contributed by atoms with Crippen molar-refractivity contribution in [3.05, 3.63) is 46.2 Å². The summed E-state index contributed by atoms with van der Waals surface area (Å²) < 4.78 is 0. The van der Waals surface area contributed by atoms with Gasteiger partial charge in [0.05, 0.1) is 11.3 Å². The molecule has 22 heavy (non-hydrogen) atoms. The first-order valence-corrected chi connectivity index (χ1v) is 8.62. The number of benzene rings is 1. The predicted octanol–water partition coefficient (Wildman–Crippen LogP) is 4.37. The van der Waals surface area contributed by atoms with Crippen molar-refractivity contribution in [2.45, 2.75) is 31.8 Å². The summed E-state index contributed by atoms with van der Waals surface area (Å²) in [6.07, 6.45) is 5.17. The fourth-order valence-electron chi connectivity index (χ4n) is 1.98. The molecule has 0 aliphatic heterocycles. The largest absolute Gasteiger partial charge is 0.322 e. The van der Waals surface area contributed by atoms with Crippen LogP contribution in [0.1, 0.15) is 35.0 Å². The number of halogens is 1. The van der Waals surface area contributed by atoms with Crippen molar-refractivity contribution in [3.8, 4) is 0 Å². The highest BCUT2D eigenvalue weighted by Gasteiger charge is 2.14. The summed E-state index contributed by atoms with van der Waals surface area (Å²) in [5.41, 5.74) is 2.92. The molecule has 2 rings (SSSR count). The van der Waals surface area contributed by atoms with Gasteiger partial charge in [0.2, 0.25) is 0 Å². The van der Waals surface area contributed by atoms with Crippen molar-refractivity contribution in [1.82, 2.24) is 9.97 Å². The number of rotatable bonds is 5. The molecule has 0 saturated carbocycles. The number of anilines is 1. The van der Waals surface area contributed by atoms with Crippen LogP contribution in [0, 0.1) is 6.92 Å². The van der Waals surface area contributed by atoms with E-state index in [1.54, 1.807) is 12.3 Å². The Morgan fingerprint density at radius 1 is 1.41 bits per heavy atom. The van der Waals surface area contributed by atoms with Gasteiger partial charge in [0.25, 0.3) is 5.91 Å². The lowest BCUT2D eigenvalue weighted by Gasteiger charge is -2.10. The van der Waals surface area contributed by atoms with Gasteiger partial charge in [-0.25, -0.2) is 9.97 Å². The zero-order valence-electron chi connectivity index (χ0n) is 12.8. The number of thioether (sulfide) groups is 1. The van der Waals surface area contributed by atoms with Gasteiger partial charge < -0.3 is 5.32 Å². The van der Waals surface area contributed by atoms with E-state index < -0.39 is 0 Å². The van der Waals surface area contributed by atoms with Crippen LogP contribution in [0.5, 0.6) is 0 Å². The molecule has 0 unspecified atom stereocenters. The molecule has 0 spiro atoms. The Bertz CT molecular complexity index is 691. The second kappa shape index (κ2) is 7.61. The van der Waals surface area contributed by atoms with Crippen LogP contribution < -0.4 is 5.32 Å². The van der Waals surface area contributed by atoms with Crippen LogP contribution in [0.4, 0.5) is 5.69 Å². The first-order valence-electron chi connectivity index (χ1n) is 7.02. The lowest BCUT2D eigenvalue weighted by atomic mass is 10.1. The maximum atomic E-state index is 12.5. The minimum absolute atomic E-state index is 0.212. The van der Waals surface area contributed by atoms with Crippen molar-refractivity contribution >= 4 is 35.0 Å². The van der Waals surface area contributed by atoms with Gasteiger partial charge in [0, 0.05) is 16.9 Å². The first kappa shape index (κ1) is 16.8. The molecule has 1 heterocycles. The predicted molar refractivity (Wildman–Crippen MR) is 92.0 cm³/mol. The molecule has 0 aliphatic carbocycles. The summed E-state index contributed by atoms with van der Waals surface area (Å²) in [5, 5.41) is 4.16. The fourth-order valence-corrected chi connectivity index (χ4v) is 2.52. The van der Waals surface area contributed by atoms with E-state index in [9.17, 15) is 4.79 Å².